The van der Waals surface area contributed by atoms with E-state index < -0.39 is 0 Å². The van der Waals surface area contributed by atoms with Gasteiger partial charge in [0.1, 0.15) is 0 Å². The molecule has 2 aliphatic rings. The van der Waals surface area contributed by atoms with Crippen molar-refractivity contribution >= 4 is 0 Å². The van der Waals surface area contributed by atoms with E-state index in [2.05, 4.69) is 10.2 Å². The molecule has 1 aliphatic heterocycles. The number of nitrogens with one attached hydrogen (secondary N) is 1. The number of hydrogen-bond acceptors (Lipinski definition) is 2. The lowest BCUT2D eigenvalue weighted by atomic mass is 9.85. The number of rotatable bonds is 2. The maximum Gasteiger partial charge on any atom is 0.0107 e. The van der Waals surface area contributed by atoms with Crippen molar-refractivity contribution in [1.82, 2.24) is 10.2 Å². The van der Waals surface area contributed by atoms with Gasteiger partial charge in [-0.1, -0.05) is 6.42 Å². The minimum Gasteiger partial charge on any atom is -0.314 e. The van der Waals surface area contributed by atoms with Crippen LogP contribution in [0.4, 0.5) is 0 Å². The van der Waals surface area contributed by atoms with Crippen LogP contribution >= 0.6 is 0 Å². The molecule has 2 rings (SSSR count). The zero-order chi connectivity index (χ0) is 7.52. The second-order valence-corrected chi connectivity index (χ2v) is 3.85. The van der Waals surface area contributed by atoms with Crippen molar-refractivity contribution in [3.63, 3.8) is 0 Å². The first-order valence-electron chi connectivity index (χ1n) is 4.88. The van der Waals surface area contributed by atoms with E-state index in [0.717, 1.165) is 5.92 Å². The molecule has 2 heteroatoms. The predicted octanol–water partition coefficient (Wildman–Crippen LogP) is 0.692. The van der Waals surface area contributed by atoms with E-state index in [1.165, 1.54) is 52.0 Å². The van der Waals surface area contributed by atoms with E-state index in [1.807, 2.05) is 0 Å². The molecule has 0 aromatic heterocycles. The normalized spacial score (nSPS) is 28.4. The average molecular weight is 154 g/mol. The first-order chi connectivity index (χ1) is 5.45. The zero-order valence-corrected chi connectivity index (χ0v) is 7.18. The van der Waals surface area contributed by atoms with Crippen molar-refractivity contribution in [1.29, 1.82) is 0 Å². The van der Waals surface area contributed by atoms with Crippen LogP contribution in [0.3, 0.4) is 0 Å². The molecule has 11 heavy (non-hydrogen) atoms. The van der Waals surface area contributed by atoms with Crippen molar-refractivity contribution in [2.24, 2.45) is 5.92 Å². The zero-order valence-electron chi connectivity index (χ0n) is 7.18. The van der Waals surface area contributed by atoms with Gasteiger partial charge in [-0.25, -0.2) is 0 Å². The Labute approximate surface area is 69.0 Å². The Balaban J connectivity index is 1.67. The van der Waals surface area contributed by atoms with Crippen LogP contribution in [0.15, 0.2) is 0 Å². The third kappa shape index (κ3) is 1.94. The van der Waals surface area contributed by atoms with Gasteiger partial charge in [0.25, 0.3) is 0 Å². The van der Waals surface area contributed by atoms with Gasteiger partial charge in [-0.3, -0.25) is 0 Å². The topological polar surface area (TPSA) is 15.3 Å². The maximum absolute atomic E-state index is 3.38. The highest BCUT2D eigenvalue weighted by Gasteiger charge is 2.21. The molecule has 0 amide bonds. The molecule has 1 N–H and O–H groups in total. The summed E-state index contributed by atoms with van der Waals surface area (Å²) >= 11 is 0. The monoisotopic (exact) mass is 154 g/mol. The highest BCUT2D eigenvalue weighted by atomic mass is 15.2. The summed E-state index contributed by atoms with van der Waals surface area (Å²) in [4.78, 5) is 2.61. The molecule has 2 nitrogen and oxygen atoms in total. The molecule has 2 fully saturated rings. The standard InChI is InChI=1S/C9H18N2/c1-2-9(3-1)8-11-6-4-10-5-7-11/h9-10H,1-8H2. The van der Waals surface area contributed by atoms with Crippen molar-refractivity contribution in [3.8, 4) is 0 Å². The molecule has 0 aromatic rings. The van der Waals surface area contributed by atoms with Crippen LogP contribution in [0.25, 0.3) is 0 Å². The smallest absolute Gasteiger partial charge is 0.0107 e. The summed E-state index contributed by atoms with van der Waals surface area (Å²) in [5, 5.41) is 3.38. The van der Waals surface area contributed by atoms with E-state index in [-0.39, 0.29) is 0 Å². The second kappa shape index (κ2) is 3.55. The summed E-state index contributed by atoms with van der Waals surface area (Å²) in [7, 11) is 0. The van der Waals surface area contributed by atoms with Crippen LogP contribution < -0.4 is 5.32 Å². The van der Waals surface area contributed by atoms with Crippen molar-refractivity contribution in [3.05, 3.63) is 0 Å². The Hall–Kier alpha value is -0.0800. The molecular formula is C9H18N2. The SMILES string of the molecule is C1CC(CN2CCNCC2)C1. The molecule has 0 atom stereocenters. The maximum atomic E-state index is 3.38. The lowest BCUT2D eigenvalue weighted by molar-refractivity contribution is 0.162. The number of piperazine rings is 1. The lowest BCUT2D eigenvalue weighted by Crippen LogP contribution is -2.46. The Kier molecular flexibility index (Phi) is 2.44. The van der Waals surface area contributed by atoms with Crippen LogP contribution in [-0.2, 0) is 0 Å². The van der Waals surface area contributed by atoms with Crippen LogP contribution in [-0.4, -0.2) is 37.6 Å². The Morgan fingerprint density at radius 3 is 2.45 bits per heavy atom. The van der Waals surface area contributed by atoms with Gasteiger partial charge in [0.2, 0.25) is 0 Å². The first-order valence-corrected chi connectivity index (χ1v) is 4.88. The molecule has 0 unspecified atom stereocenters. The molecule has 1 aliphatic carbocycles. The quantitative estimate of drug-likeness (QED) is 0.629. The third-order valence-corrected chi connectivity index (χ3v) is 2.95. The molecule has 1 saturated heterocycles. The first kappa shape index (κ1) is 7.56. The van der Waals surface area contributed by atoms with Crippen LogP contribution in [0.2, 0.25) is 0 Å². The van der Waals surface area contributed by atoms with E-state index in [1.54, 1.807) is 0 Å². The molecule has 1 saturated carbocycles. The van der Waals surface area contributed by atoms with Gasteiger partial charge in [-0.15, -0.1) is 0 Å². The fraction of sp³-hybridized carbons (Fsp3) is 1.00. The minimum absolute atomic E-state index is 1.05. The second-order valence-electron chi connectivity index (χ2n) is 3.85. The van der Waals surface area contributed by atoms with E-state index in [0.29, 0.717) is 0 Å². The highest BCUT2D eigenvalue weighted by Crippen LogP contribution is 2.26. The summed E-state index contributed by atoms with van der Waals surface area (Å²) in [5.41, 5.74) is 0. The van der Waals surface area contributed by atoms with Crippen LogP contribution in [0.1, 0.15) is 19.3 Å². The van der Waals surface area contributed by atoms with Crippen molar-refractivity contribution in [2.75, 3.05) is 32.7 Å². The van der Waals surface area contributed by atoms with Gasteiger partial charge in [0.05, 0.1) is 0 Å². The van der Waals surface area contributed by atoms with Gasteiger partial charge in [0.15, 0.2) is 0 Å². The summed E-state index contributed by atoms with van der Waals surface area (Å²) < 4.78 is 0. The Bertz CT molecular complexity index is 115. The summed E-state index contributed by atoms with van der Waals surface area (Å²) in [6.07, 6.45) is 4.46. The molecule has 1 heterocycles. The van der Waals surface area contributed by atoms with Gasteiger partial charge in [0, 0.05) is 32.7 Å². The predicted molar refractivity (Wildman–Crippen MR) is 46.7 cm³/mol. The number of nitrogens with zero attached hydrogens (tertiary/aromatic N) is 1. The third-order valence-electron chi connectivity index (χ3n) is 2.95. The molecular weight excluding hydrogens is 136 g/mol. The fourth-order valence-electron chi connectivity index (χ4n) is 1.93. The summed E-state index contributed by atoms with van der Waals surface area (Å²) in [5.74, 6) is 1.05. The van der Waals surface area contributed by atoms with Crippen LogP contribution in [0.5, 0.6) is 0 Å². The lowest BCUT2D eigenvalue weighted by Gasteiger charge is -2.34. The van der Waals surface area contributed by atoms with Gasteiger partial charge in [-0.2, -0.15) is 0 Å². The van der Waals surface area contributed by atoms with E-state index in [4.69, 9.17) is 0 Å². The molecule has 0 aromatic carbocycles. The minimum atomic E-state index is 1.05. The summed E-state index contributed by atoms with van der Waals surface area (Å²) in [6.45, 7) is 6.33. The molecule has 64 valence electrons. The Morgan fingerprint density at radius 1 is 1.18 bits per heavy atom. The van der Waals surface area contributed by atoms with Crippen molar-refractivity contribution in [2.45, 2.75) is 19.3 Å². The van der Waals surface area contributed by atoms with Gasteiger partial charge in [-0.05, 0) is 18.8 Å². The van der Waals surface area contributed by atoms with E-state index >= 15 is 0 Å². The molecule has 0 bridgehead atoms. The van der Waals surface area contributed by atoms with Gasteiger partial charge < -0.3 is 10.2 Å². The molecule has 0 spiro atoms. The van der Waals surface area contributed by atoms with Crippen LogP contribution in [0, 0.1) is 5.92 Å². The summed E-state index contributed by atoms with van der Waals surface area (Å²) in [6, 6.07) is 0. The Morgan fingerprint density at radius 2 is 1.91 bits per heavy atom. The average Bonchev–Trinajstić information content (AvgIpc) is 1.99. The largest absolute Gasteiger partial charge is 0.314 e. The number of hydrogen-bond donors (Lipinski definition) is 1. The van der Waals surface area contributed by atoms with E-state index in [9.17, 15) is 0 Å². The molecule has 0 radical (unpaired) electrons. The van der Waals surface area contributed by atoms with Crippen molar-refractivity contribution < 1.29 is 0 Å². The van der Waals surface area contributed by atoms with Gasteiger partial charge >= 0.3 is 0 Å². The fourth-order valence-corrected chi connectivity index (χ4v) is 1.93. The highest BCUT2D eigenvalue weighted by molar-refractivity contribution is 4.76.